The molecule has 0 bridgehead atoms. The normalized spacial score (nSPS) is 11.0. The van der Waals surface area contributed by atoms with Crippen LogP contribution in [-0.2, 0) is 19.5 Å². The molecule has 2 aromatic heterocycles. The zero-order valence-electron chi connectivity index (χ0n) is 10.5. The zero-order valence-corrected chi connectivity index (χ0v) is 12.9. The molecule has 0 aromatic carbocycles. The Kier molecular flexibility index (Phi) is 5.41. The Balaban J connectivity index is 1.73. The highest BCUT2D eigenvalue weighted by atomic mass is 79.9. The third-order valence-electron chi connectivity index (χ3n) is 2.73. The largest absolute Gasteiger partial charge is 0.334 e. The fourth-order valence-electron chi connectivity index (χ4n) is 1.85. The summed E-state index contributed by atoms with van der Waals surface area (Å²) >= 11 is 5.29. The van der Waals surface area contributed by atoms with E-state index in [4.69, 9.17) is 0 Å². The lowest BCUT2D eigenvalue weighted by molar-refractivity contribution is 0.590. The van der Waals surface area contributed by atoms with E-state index in [0.29, 0.717) is 0 Å². The maximum atomic E-state index is 4.38. The summed E-state index contributed by atoms with van der Waals surface area (Å²) in [4.78, 5) is 5.79. The van der Waals surface area contributed by atoms with Gasteiger partial charge in [0.1, 0.15) is 5.82 Å². The van der Waals surface area contributed by atoms with Crippen LogP contribution in [0.2, 0.25) is 0 Å². The highest BCUT2D eigenvalue weighted by Gasteiger charge is 2.02. The van der Waals surface area contributed by atoms with E-state index in [9.17, 15) is 0 Å². The predicted molar refractivity (Wildman–Crippen MR) is 79.9 cm³/mol. The number of rotatable bonds is 7. The van der Waals surface area contributed by atoms with Gasteiger partial charge in [-0.2, -0.15) is 0 Å². The van der Waals surface area contributed by atoms with Crippen LogP contribution in [0.5, 0.6) is 0 Å². The van der Waals surface area contributed by atoms with Gasteiger partial charge in [0.25, 0.3) is 0 Å². The van der Waals surface area contributed by atoms with Gasteiger partial charge in [-0.1, -0.05) is 6.92 Å². The minimum Gasteiger partial charge on any atom is -0.334 e. The molecule has 98 valence electrons. The van der Waals surface area contributed by atoms with Gasteiger partial charge in [0.05, 0.1) is 10.3 Å². The number of aromatic nitrogens is 2. The van der Waals surface area contributed by atoms with Crippen molar-refractivity contribution < 1.29 is 0 Å². The molecule has 18 heavy (non-hydrogen) atoms. The van der Waals surface area contributed by atoms with Crippen LogP contribution in [0, 0.1) is 0 Å². The van der Waals surface area contributed by atoms with Crippen molar-refractivity contribution in [2.75, 3.05) is 6.54 Å². The van der Waals surface area contributed by atoms with Crippen molar-refractivity contribution in [3.05, 3.63) is 39.0 Å². The number of hydrogen-bond acceptors (Lipinski definition) is 3. The molecule has 0 amide bonds. The lowest BCUT2D eigenvalue weighted by Crippen LogP contribution is -2.19. The minimum absolute atomic E-state index is 0.847. The van der Waals surface area contributed by atoms with Crippen molar-refractivity contribution in [3.63, 3.8) is 0 Å². The van der Waals surface area contributed by atoms with E-state index >= 15 is 0 Å². The van der Waals surface area contributed by atoms with Gasteiger partial charge in [-0.3, -0.25) is 0 Å². The van der Waals surface area contributed by atoms with Gasteiger partial charge < -0.3 is 9.88 Å². The Hall–Kier alpha value is -0.650. The van der Waals surface area contributed by atoms with Gasteiger partial charge in [0.15, 0.2) is 0 Å². The molecule has 0 unspecified atom stereocenters. The molecule has 1 N–H and O–H groups in total. The molecule has 0 atom stereocenters. The van der Waals surface area contributed by atoms with E-state index in [2.05, 4.69) is 56.1 Å². The molecule has 2 rings (SSSR count). The number of imidazole rings is 1. The van der Waals surface area contributed by atoms with Crippen molar-refractivity contribution in [1.29, 1.82) is 0 Å². The van der Waals surface area contributed by atoms with E-state index < -0.39 is 0 Å². The number of nitrogens with zero attached hydrogens (tertiary/aromatic N) is 2. The molecular formula is C13H18BrN3S. The van der Waals surface area contributed by atoms with Crippen LogP contribution in [0.25, 0.3) is 0 Å². The topological polar surface area (TPSA) is 29.9 Å². The van der Waals surface area contributed by atoms with Gasteiger partial charge in [-0.05, 0) is 40.9 Å². The van der Waals surface area contributed by atoms with E-state index in [1.807, 2.05) is 6.20 Å². The average molecular weight is 328 g/mol. The first-order chi connectivity index (χ1) is 8.79. The summed E-state index contributed by atoms with van der Waals surface area (Å²) in [5, 5.41) is 3.45. The molecule has 0 aliphatic heterocycles. The second-order valence-corrected chi connectivity index (χ2v) is 6.72. The first-order valence-corrected chi connectivity index (χ1v) is 7.85. The maximum absolute atomic E-state index is 4.38. The van der Waals surface area contributed by atoms with Crippen LogP contribution < -0.4 is 5.32 Å². The van der Waals surface area contributed by atoms with Crippen LogP contribution in [0.1, 0.15) is 24.0 Å². The van der Waals surface area contributed by atoms with Crippen molar-refractivity contribution in [2.45, 2.75) is 32.9 Å². The highest BCUT2D eigenvalue weighted by molar-refractivity contribution is 9.11. The van der Waals surface area contributed by atoms with Crippen LogP contribution in [0.3, 0.4) is 0 Å². The molecule has 0 saturated carbocycles. The third kappa shape index (κ3) is 3.93. The fraction of sp³-hybridized carbons (Fsp3) is 0.462. The van der Waals surface area contributed by atoms with Crippen molar-refractivity contribution in [3.8, 4) is 0 Å². The number of thiophene rings is 1. The minimum atomic E-state index is 0.847. The van der Waals surface area contributed by atoms with Gasteiger partial charge >= 0.3 is 0 Å². The van der Waals surface area contributed by atoms with Gasteiger partial charge in [0, 0.05) is 30.4 Å². The monoisotopic (exact) mass is 327 g/mol. The summed E-state index contributed by atoms with van der Waals surface area (Å²) in [6, 6.07) is 4.28. The predicted octanol–water partition coefficient (Wildman–Crippen LogP) is 3.45. The molecule has 0 spiro atoms. The van der Waals surface area contributed by atoms with Crippen molar-refractivity contribution >= 4 is 27.3 Å². The fourth-order valence-corrected chi connectivity index (χ4v) is 3.33. The molecule has 5 heteroatoms. The van der Waals surface area contributed by atoms with E-state index in [0.717, 1.165) is 38.3 Å². The second-order valence-electron chi connectivity index (χ2n) is 4.17. The van der Waals surface area contributed by atoms with E-state index in [-0.39, 0.29) is 0 Å². The van der Waals surface area contributed by atoms with E-state index in [1.54, 1.807) is 11.3 Å². The lowest BCUT2D eigenvalue weighted by Gasteiger charge is -2.07. The lowest BCUT2D eigenvalue weighted by atomic mass is 10.3. The summed E-state index contributed by atoms with van der Waals surface area (Å²) < 4.78 is 3.42. The average Bonchev–Trinajstić information content (AvgIpc) is 2.95. The summed E-state index contributed by atoms with van der Waals surface area (Å²) in [5.41, 5.74) is 0. The number of halogens is 1. The van der Waals surface area contributed by atoms with Gasteiger partial charge in [-0.25, -0.2) is 4.98 Å². The van der Waals surface area contributed by atoms with Crippen molar-refractivity contribution in [2.24, 2.45) is 0 Å². The standard InChI is InChI=1S/C13H18BrN3S/c1-2-8-17-9-7-16-13(17)10-15-6-5-11-3-4-12(14)18-11/h3-4,7,9,15H,2,5-6,8,10H2,1H3. The molecule has 2 heterocycles. The second kappa shape index (κ2) is 7.07. The van der Waals surface area contributed by atoms with Gasteiger partial charge in [0.2, 0.25) is 0 Å². The van der Waals surface area contributed by atoms with Crippen molar-refractivity contribution in [1.82, 2.24) is 14.9 Å². The Bertz CT molecular complexity index is 478. The van der Waals surface area contributed by atoms with Gasteiger partial charge in [-0.15, -0.1) is 11.3 Å². The molecule has 0 aliphatic rings. The zero-order chi connectivity index (χ0) is 12.8. The third-order valence-corrected chi connectivity index (χ3v) is 4.41. The molecule has 0 aliphatic carbocycles. The summed E-state index contributed by atoms with van der Waals surface area (Å²) in [6.07, 6.45) is 6.15. The Morgan fingerprint density at radius 3 is 3.06 bits per heavy atom. The molecule has 2 aromatic rings. The summed E-state index contributed by atoms with van der Waals surface area (Å²) in [6.45, 7) is 5.08. The Morgan fingerprint density at radius 2 is 2.33 bits per heavy atom. The molecule has 0 radical (unpaired) electrons. The van der Waals surface area contributed by atoms with E-state index in [1.165, 1.54) is 8.66 Å². The highest BCUT2D eigenvalue weighted by Crippen LogP contribution is 2.22. The van der Waals surface area contributed by atoms with Crippen LogP contribution in [0.15, 0.2) is 28.3 Å². The first-order valence-electron chi connectivity index (χ1n) is 6.24. The van der Waals surface area contributed by atoms with Crippen LogP contribution >= 0.6 is 27.3 Å². The van der Waals surface area contributed by atoms with Crippen LogP contribution in [-0.4, -0.2) is 16.1 Å². The molecule has 0 fully saturated rings. The SMILES string of the molecule is CCCn1ccnc1CNCCc1ccc(Br)s1. The molecule has 0 saturated heterocycles. The Labute approximate surface area is 120 Å². The number of aryl methyl sites for hydroxylation is 1. The smallest absolute Gasteiger partial charge is 0.122 e. The Morgan fingerprint density at radius 1 is 1.44 bits per heavy atom. The summed E-state index contributed by atoms with van der Waals surface area (Å²) in [5.74, 6) is 1.13. The quantitative estimate of drug-likeness (QED) is 0.789. The number of hydrogen-bond donors (Lipinski definition) is 1. The first kappa shape index (κ1) is 13.8. The maximum Gasteiger partial charge on any atom is 0.122 e. The summed E-state index contributed by atoms with van der Waals surface area (Å²) in [7, 11) is 0. The van der Waals surface area contributed by atoms with Crippen LogP contribution in [0.4, 0.5) is 0 Å². The molecule has 3 nitrogen and oxygen atoms in total. The number of nitrogens with one attached hydrogen (secondary N) is 1. The molecular weight excluding hydrogens is 310 g/mol.